The molecule has 0 aliphatic heterocycles. The Kier molecular flexibility index (Phi) is 10.9. The van der Waals surface area contributed by atoms with E-state index in [-0.39, 0.29) is 23.4 Å². The Hall–Kier alpha value is -5.20. The molecule has 0 saturated heterocycles. The highest BCUT2D eigenvalue weighted by atomic mass is 32.2. The highest BCUT2D eigenvalue weighted by Crippen LogP contribution is 2.35. The van der Waals surface area contributed by atoms with Gasteiger partial charge in [-0.05, 0) is 89.2 Å². The molecule has 0 aliphatic rings. The first kappa shape index (κ1) is 37.1. The first-order valence-corrected chi connectivity index (χ1v) is 17.7. The molecule has 1 heterocycles. The number of fused-ring (bicyclic) bond motifs is 1. The van der Waals surface area contributed by atoms with Crippen molar-refractivity contribution in [1.82, 2.24) is 5.32 Å². The SMILES string of the molecule is CC(C)(C)/C=C/c1ccc(C(Cc2ccc(C(=O)NCCS(=O)(=O)O)cc2)C(=O)Nc2ccc(-c3cc4cc(C(F)(F)F)ccc4o3)cc2)cc1. The van der Waals surface area contributed by atoms with Crippen LogP contribution in [0.25, 0.3) is 28.4 Å². The standard InChI is InChI=1S/C39H37F3N2O6S/c1-38(2,3)19-18-25-4-8-27(9-5-25)33(22-26-6-10-29(11-7-26)36(45)43-20-21-51(47,48)49)37(46)44-32-15-12-28(13-16-32)35-24-30-23-31(39(40,41)42)14-17-34(30)50-35/h4-19,23-24,33H,20-22H2,1-3H3,(H,43,45)(H,44,46)(H,47,48,49)/b19-18+. The summed E-state index contributed by atoms with van der Waals surface area (Å²) < 4.78 is 76.1. The van der Waals surface area contributed by atoms with Gasteiger partial charge in [0.05, 0.1) is 17.2 Å². The molecule has 3 N–H and O–H groups in total. The van der Waals surface area contributed by atoms with Crippen LogP contribution in [0.2, 0.25) is 0 Å². The number of rotatable bonds is 11. The summed E-state index contributed by atoms with van der Waals surface area (Å²) >= 11 is 0. The van der Waals surface area contributed by atoms with Gasteiger partial charge in [-0.15, -0.1) is 0 Å². The monoisotopic (exact) mass is 718 g/mol. The molecular weight excluding hydrogens is 681 g/mol. The van der Waals surface area contributed by atoms with Crippen LogP contribution in [-0.4, -0.2) is 37.1 Å². The summed E-state index contributed by atoms with van der Waals surface area (Å²) in [7, 11) is -4.21. The topological polar surface area (TPSA) is 126 Å². The number of alkyl halides is 3. The van der Waals surface area contributed by atoms with E-state index < -0.39 is 39.4 Å². The van der Waals surface area contributed by atoms with Gasteiger partial charge in [0.25, 0.3) is 16.0 Å². The minimum absolute atomic E-state index is 0.00268. The van der Waals surface area contributed by atoms with Crippen LogP contribution >= 0.6 is 0 Å². The van der Waals surface area contributed by atoms with E-state index >= 15 is 0 Å². The summed E-state index contributed by atoms with van der Waals surface area (Å²) in [6.45, 7) is 6.06. The molecule has 1 aromatic heterocycles. The van der Waals surface area contributed by atoms with Gasteiger partial charge >= 0.3 is 6.18 Å². The molecule has 0 bridgehead atoms. The molecule has 0 aliphatic carbocycles. The van der Waals surface area contributed by atoms with Gasteiger partial charge in [-0.2, -0.15) is 21.6 Å². The van der Waals surface area contributed by atoms with E-state index in [1.807, 2.05) is 30.3 Å². The average molecular weight is 719 g/mol. The Morgan fingerprint density at radius 3 is 2.16 bits per heavy atom. The maximum atomic E-state index is 13.9. The molecule has 0 radical (unpaired) electrons. The maximum absolute atomic E-state index is 13.9. The van der Waals surface area contributed by atoms with E-state index in [1.165, 1.54) is 6.07 Å². The van der Waals surface area contributed by atoms with Crippen molar-refractivity contribution in [2.75, 3.05) is 17.6 Å². The lowest BCUT2D eigenvalue weighted by Crippen LogP contribution is -2.28. The quantitative estimate of drug-likeness (QED) is 0.117. The third-order valence-corrected chi connectivity index (χ3v) is 8.73. The molecular formula is C39H37F3N2O6S. The second-order valence-corrected chi connectivity index (χ2v) is 14.9. The molecule has 266 valence electrons. The van der Waals surface area contributed by atoms with Gasteiger partial charge in [0.2, 0.25) is 5.91 Å². The van der Waals surface area contributed by atoms with Crippen molar-refractivity contribution in [2.45, 2.75) is 39.3 Å². The average Bonchev–Trinajstić information content (AvgIpc) is 3.50. The van der Waals surface area contributed by atoms with Gasteiger partial charge in [0.1, 0.15) is 11.3 Å². The number of anilines is 1. The predicted molar refractivity (Wildman–Crippen MR) is 192 cm³/mol. The second-order valence-electron chi connectivity index (χ2n) is 13.3. The van der Waals surface area contributed by atoms with Gasteiger partial charge in [-0.3, -0.25) is 14.1 Å². The van der Waals surface area contributed by atoms with Crippen LogP contribution in [0.5, 0.6) is 0 Å². The number of halogens is 3. The summed E-state index contributed by atoms with van der Waals surface area (Å²) in [4.78, 5) is 26.3. The lowest BCUT2D eigenvalue weighted by Gasteiger charge is -2.18. The molecule has 51 heavy (non-hydrogen) atoms. The van der Waals surface area contributed by atoms with Crippen molar-refractivity contribution in [3.05, 3.63) is 131 Å². The van der Waals surface area contributed by atoms with Crippen LogP contribution in [0.3, 0.4) is 0 Å². The lowest BCUT2D eigenvalue weighted by atomic mass is 9.89. The van der Waals surface area contributed by atoms with Gasteiger partial charge < -0.3 is 15.1 Å². The minimum Gasteiger partial charge on any atom is -0.456 e. The van der Waals surface area contributed by atoms with E-state index in [9.17, 15) is 31.2 Å². The Balaban J connectivity index is 1.34. The fourth-order valence-electron chi connectivity index (χ4n) is 5.28. The molecule has 2 amide bonds. The summed E-state index contributed by atoms with van der Waals surface area (Å²) in [5.41, 5.74) is 3.49. The van der Waals surface area contributed by atoms with E-state index in [0.29, 0.717) is 34.4 Å². The van der Waals surface area contributed by atoms with Crippen molar-refractivity contribution in [2.24, 2.45) is 5.41 Å². The summed E-state index contributed by atoms with van der Waals surface area (Å²) in [6.07, 6.45) is -0.0476. The molecule has 0 spiro atoms. The van der Waals surface area contributed by atoms with Gasteiger partial charge in [0.15, 0.2) is 0 Å². The van der Waals surface area contributed by atoms with Crippen LogP contribution in [0.1, 0.15) is 59.3 Å². The lowest BCUT2D eigenvalue weighted by molar-refractivity contribution is -0.137. The maximum Gasteiger partial charge on any atom is 0.416 e. The summed E-state index contributed by atoms with van der Waals surface area (Å²) in [5.74, 6) is -1.63. The number of hydrogen-bond donors (Lipinski definition) is 3. The molecule has 1 unspecified atom stereocenters. The molecule has 8 nitrogen and oxygen atoms in total. The first-order valence-electron chi connectivity index (χ1n) is 16.1. The fraction of sp³-hybridized carbons (Fsp3) is 0.231. The fourth-order valence-corrected chi connectivity index (χ4v) is 5.64. The number of nitrogens with one attached hydrogen (secondary N) is 2. The zero-order valence-corrected chi connectivity index (χ0v) is 28.9. The van der Waals surface area contributed by atoms with Crippen molar-refractivity contribution >= 4 is 44.7 Å². The number of carbonyl (C=O) groups excluding carboxylic acids is 2. The Bertz CT molecular complexity index is 2150. The van der Waals surface area contributed by atoms with Crippen molar-refractivity contribution in [1.29, 1.82) is 0 Å². The largest absolute Gasteiger partial charge is 0.456 e. The Labute approximate surface area is 294 Å². The normalized spacial score (nSPS) is 13.0. The number of allylic oxidation sites excluding steroid dienone is 1. The van der Waals surface area contributed by atoms with E-state index in [1.54, 1.807) is 54.6 Å². The van der Waals surface area contributed by atoms with E-state index in [2.05, 4.69) is 37.5 Å². The molecule has 1 atom stereocenters. The van der Waals surface area contributed by atoms with Crippen LogP contribution in [0.15, 0.2) is 108 Å². The highest BCUT2D eigenvalue weighted by Gasteiger charge is 2.31. The molecule has 5 rings (SSSR count). The van der Waals surface area contributed by atoms with Crippen molar-refractivity contribution in [3.63, 3.8) is 0 Å². The van der Waals surface area contributed by atoms with E-state index in [4.69, 9.17) is 8.97 Å². The first-order chi connectivity index (χ1) is 23.9. The minimum atomic E-state index is -4.47. The van der Waals surface area contributed by atoms with Crippen LogP contribution in [0, 0.1) is 5.41 Å². The van der Waals surface area contributed by atoms with E-state index in [0.717, 1.165) is 28.8 Å². The Morgan fingerprint density at radius 2 is 1.55 bits per heavy atom. The number of amides is 2. The Morgan fingerprint density at radius 1 is 0.882 bits per heavy atom. The molecule has 4 aromatic carbocycles. The predicted octanol–water partition coefficient (Wildman–Crippen LogP) is 8.76. The van der Waals surface area contributed by atoms with Crippen molar-refractivity contribution in [3.8, 4) is 11.3 Å². The summed E-state index contributed by atoms with van der Waals surface area (Å²) in [6, 6.07) is 25.9. The van der Waals surface area contributed by atoms with Crippen LogP contribution in [-0.2, 0) is 27.5 Å². The highest BCUT2D eigenvalue weighted by molar-refractivity contribution is 7.85. The third-order valence-electron chi connectivity index (χ3n) is 8.01. The second kappa shape index (κ2) is 15.0. The molecule has 5 aromatic rings. The number of hydrogen-bond acceptors (Lipinski definition) is 5. The molecule has 0 fully saturated rings. The summed E-state index contributed by atoms with van der Waals surface area (Å²) in [5, 5.41) is 5.74. The van der Waals surface area contributed by atoms with Crippen LogP contribution in [0.4, 0.5) is 18.9 Å². The van der Waals surface area contributed by atoms with Gasteiger partial charge in [0, 0.05) is 28.7 Å². The number of benzene rings is 4. The van der Waals surface area contributed by atoms with Gasteiger partial charge in [-0.25, -0.2) is 0 Å². The molecule has 0 saturated carbocycles. The zero-order chi connectivity index (χ0) is 37.0. The third kappa shape index (κ3) is 10.4. The van der Waals surface area contributed by atoms with Crippen molar-refractivity contribution < 1.29 is 40.1 Å². The number of furan rings is 1. The number of carbonyl (C=O) groups is 2. The van der Waals surface area contributed by atoms with Crippen LogP contribution < -0.4 is 10.6 Å². The zero-order valence-electron chi connectivity index (χ0n) is 28.1. The van der Waals surface area contributed by atoms with Gasteiger partial charge in [-0.1, -0.05) is 69.3 Å². The smallest absolute Gasteiger partial charge is 0.416 e. The molecule has 12 heteroatoms.